The summed E-state index contributed by atoms with van der Waals surface area (Å²) in [5.74, 6) is -0.0854. The van der Waals surface area contributed by atoms with E-state index < -0.39 is 0 Å². The Labute approximate surface area is 87.7 Å². The summed E-state index contributed by atoms with van der Waals surface area (Å²) in [5, 5.41) is 4.19. The van der Waals surface area contributed by atoms with Crippen molar-refractivity contribution in [3.63, 3.8) is 0 Å². The number of hydrogen-bond donors (Lipinski definition) is 0. The third-order valence-electron chi connectivity index (χ3n) is 2.52. The average Bonchev–Trinajstić information content (AvgIpc) is 2.58. The Bertz CT molecular complexity index is 422. The third-order valence-corrected chi connectivity index (χ3v) is 2.52. The Morgan fingerprint density at radius 2 is 2.20 bits per heavy atom. The molecule has 1 amide bonds. The van der Waals surface area contributed by atoms with E-state index in [1.807, 2.05) is 20.0 Å². The first-order chi connectivity index (χ1) is 7.06. The molecule has 0 aromatic carbocycles. The highest BCUT2D eigenvalue weighted by molar-refractivity contribution is 6.05. The number of ketones is 1. The molecule has 0 bridgehead atoms. The van der Waals surface area contributed by atoms with Crippen molar-refractivity contribution in [1.82, 2.24) is 14.7 Å². The molecule has 0 N–H and O–H groups in total. The number of hydrogen-bond acceptors (Lipinski definition) is 3. The lowest BCUT2D eigenvalue weighted by molar-refractivity contribution is -0.128. The van der Waals surface area contributed by atoms with Crippen LogP contribution in [0.15, 0.2) is 6.07 Å². The highest BCUT2D eigenvalue weighted by atomic mass is 16.2. The van der Waals surface area contributed by atoms with Crippen LogP contribution in [0, 0.1) is 6.92 Å². The predicted molar refractivity (Wildman–Crippen MR) is 53.0 cm³/mol. The van der Waals surface area contributed by atoms with Gasteiger partial charge < -0.3 is 4.90 Å². The predicted octanol–water partition coefficient (Wildman–Crippen LogP) is 0.0299. The van der Waals surface area contributed by atoms with Crippen molar-refractivity contribution in [1.29, 1.82) is 0 Å². The average molecular weight is 207 g/mol. The third kappa shape index (κ3) is 1.91. The van der Waals surface area contributed by atoms with Crippen molar-refractivity contribution < 1.29 is 9.59 Å². The molecule has 0 saturated carbocycles. The van der Waals surface area contributed by atoms with Crippen LogP contribution in [0.4, 0.5) is 0 Å². The minimum Gasteiger partial charge on any atom is -0.329 e. The summed E-state index contributed by atoms with van der Waals surface area (Å²) in [6.45, 7) is 2.62. The van der Waals surface area contributed by atoms with E-state index in [1.165, 1.54) is 0 Å². The van der Waals surface area contributed by atoms with Gasteiger partial charge in [-0.15, -0.1) is 0 Å². The molecule has 0 unspecified atom stereocenters. The Balaban J connectivity index is 2.12. The highest BCUT2D eigenvalue weighted by Crippen LogP contribution is 2.12. The van der Waals surface area contributed by atoms with Crippen LogP contribution in [0.5, 0.6) is 0 Å². The van der Waals surface area contributed by atoms with E-state index in [4.69, 9.17) is 0 Å². The first-order valence-corrected chi connectivity index (χ1v) is 4.85. The van der Waals surface area contributed by atoms with Crippen LogP contribution < -0.4 is 0 Å². The van der Waals surface area contributed by atoms with Gasteiger partial charge in [-0.05, 0) is 13.0 Å². The lowest BCUT2D eigenvalue weighted by Gasteiger charge is -2.13. The fraction of sp³-hybridized carbons (Fsp3) is 0.500. The molecule has 0 spiro atoms. The fourth-order valence-electron chi connectivity index (χ4n) is 1.79. The van der Waals surface area contributed by atoms with Crippen LogP contribution in [0.1, 0.15) is 17.8 Å². The van der Waals surface area contributed by atoms with E-state index >= 15 is 0 Å². The molecule has 1 aliphatic heterocycles. The number of carbonyl (C=O) groups is 2. The van der Waals surface area contributed by atoms with E-state index in [0.717, 1.165) is 11.4 Å². The molecule has 1 aromatic rings. The van der Waals surface area contributed by atoms with E-state index in [0.29, 0.717) is 6.54 Å². The maximum Gasteiger partial charge on any atom is 0.230 e. The summed E-state index contributed by atoms with van der Waals surface area (Å²) in [6.07, 6.45) is 0.0524. The summed E-state index contributed by atoms with van der Waals surface area (Å²) in [6, 6.07) is 1.93. The number of rotatable bonds is 2. The highest BCUT2D eigenvalue weighted by Gasteiger charge is 2.27. The van der Waals surface area contributed by atoms with Crippen molar-refractivity contribution in [3.8, 4) is 0 Å². The minimum atomic E-state index is -0.0844. The zero-order valence-corrected chi connectivity index (χ0v) is 8.86. The molecule has 2 heterocycles. The molecule has 15 heavy (non-hydrogen) atoms. The number of amides is 1. The summed E-state index contributed by atoms with van der Waals surface area (Å²) in [4.78, 5) is 24.0. The van der Waals surface area contributed by atoms with Crippen LogP contribution in [-0.4, -0.2) is 32.9 Å². The van der Waals surface area contributed by atoms with Crippen molar-refractivity contribution in [2.24, 2.45) is 7.05 Å². The lowest BCUT2D eigenvalue weighted by Crippen LogP contribution is -2.25. The Morgan fingerprint density at radius 3 is 2.67 bits per heavy atom. The first kappa shape index (κ1) is 9.89. The summed E-state index contributed by atoms with van der Waals surface area (Å²) < 4.78 is 1.74. The zero-order valence-electron chi connectivity index (χ0n) is 8.86. The summed E-state index contributed by atoms with van der Waals surface area (Å²) in [5.41, 5.74) is 1.88. The van der Waals surface area contributed by atoms with E-state index in [9.17, 15) is 9.59 Å². The Hall–Kier alpha value is -1.65. The van der Waals surface area contributed by atoms with E-state index in [2.05, 4.69) is 5.10 Å². The molecule has 0 radical (unpaired) electrons. The topological polar surface area (TPSA) is 55.2 Å². The van der Waals surface area contributed by atoms with E-state index in [-0.39, 0.29) is 24.7 Å². The van der Waals surface area contributed by atoms with Gasteiger partial charge in [0.2, 0.25) is 5.91 Å². The van der Waals surface area contributed by atoms with Gasteiger partial charge in [-0.25, -0.2) is 0 Å². The van der Waals surface area contributed by atoms with Gasteiger partial charge in [-0.1, -0.05) is 0 Å². The fourth-order valence-corrected chi connectivity index (χ4v) is 1.79. The summed E-state index contributed by atoms with van der Waals surface area (Å²) >= 11 is 0. The van der Waals surface area contributed by atoms with Gasteiger partial charge in [0.1, 0.15) is 0 Å². The van der Waals surface area contributed by atoms with Crippen LogP contribution in [0.25, 0.3) is 0 Å². The number of aryl methyl sites for hydroxylation is 2. The van der Waals surface area contributed by atoms with Gasteiger partial charge in [0, 0.05) is 7.05 Å². The smallest absolute Gasteiger partial charge is 0.230 e. The van der Waals surface area contributed by atoms with Gasteiger partial charge in [0.25, 0.3) is 0 Å². The van der Waals surface area contributed by atoms with Gasteiger partial charge >= 0.3 is 0 Å². The second-order valence-electron chi connectivity index (χ2n) is 3.87. The SMILES string of the molecule is Cc1cc(CN2CC(=O)CC2=O)n(C)n1. The lowest BCUT2D eigenvalue weighted by atomic mass is 10.3. The number of aromatic nitrogens is 2. The normalized spacial score (nSPS) is 16.5. The molecule has 0 atom stereocenters. The minimum absolute atomic E-state index is 0.00103. The maximum absolute atomic E-state index is 11.4. The van der Waals surface area contributed by atoms with Gasteiger partial charge in [0.05, 0.1) is 30.9 Å². The van der Waals surface area contributed by atoms with Crippen LogP contribution in [0.3, 0.4) is 0 Å². The van der Waals surface area contributed by atoms with Crippen molar-refractivity contribution >= 4 is 11.7 Å². The molecule has 0 aliphatic carbocycles. The summed E-state index contributed by atoms with van der Waals surface area (Å²) in [7, 11) is 1.84. The number of Topliss-reactive ketones (excluding diaryl/α,β-unsaturated/α-hetero) is 1. The van der Waals surface area contributed by atoms with E-state index in [1.54, 1.807) is 9.58 Å². The molecular formula is C10H13N3O2. The largest absolute Gasteiger partial charge is 0.329 e. The number of likely N-dealkylation sites (tertiary alicyclic amines) is 1. The number of carbonyl (C=O) groups excluding carboxylic acids is 2. The zero-order chi connectivity index (χ0) is 11.0. The second-order valence-corrected chi connectivity index (χ2v) is 3.87. The Kier molecular flexibility index (Phi) is 2.30. The van der Waals surface area contributed by atoms with Gasteiger partial charge in [-0.3, -0.25) is 14.3 Å². The molecule has 5 nitrogen and oxygen atoms in total. The molecular weight excluding hydrogens is 194 g/mol. The molecule has 5 heteroatoms. The van der Waals surface area contributed by atoms with Crippen molar-refractivity contribution in [2.75, 3.05) is 6.54 Å². The molecule has 1 saturated heterocycles. The monoisotopic (exact) mass is 207 g/mol. The van der Waals surface area contributed by atoms with Crippen molar-refractivity contribution in [2.45, 2.75) is 19.9 Å². The number of nitrogens with zero attached hydrogens (tertiary/aromatic N) is 3. The molecule has 2 rings (SSSR count). The molecule has 1 aliphatic rings. The van der Waals surface area contributed by atoms with Crippen LogP contribution in [-0.2, 0) is 23.2 Å². The Morgan fingerprint density at radius 1 is 1.47 bits per heavy atom. The molecule has 1 aromatic heterocycles. The van der Waals surface area contributed by atoms with Crippen LogP contribution in [0.2, 0.25) is 0 Å². The maximum atomic E-state index is 11.4. The van der Waals surface area contributed by atoms with Gasteiger partial charge in [-0.2, -0.15) is 5.10 Å². The second kappa shape index (κ2) is 3.49. The first-order valence-electron chi connectivity index (χ1n) is 4.85. The molecule has 80 valence electrons. The van der Waals surface area contributed by atoms with Crippen LogP contribution >= 0.6 is 0 Å². The quantitative estimate of drug-likeness (QED) is 0.643. The molecule has 1 fully saturated rings. The standard InChI is InChI=1S/C10H13N3O2/c1-7-3-8(12(2)11-7)5-13-6-9(14)4-10(13)15/h3H,4-6H2,1-2H3. The van der Waals surface area contributed by atoms with Gasteiger partial charge in [0.15, 0.2) is 5.78 Å². The van der Waals surface area contributed by atoms with Crippen molar-refractivity contribution in [3.05, 3.63) is 17.5 Å².